The molecule has 0 amide bonds. The Morgan fingerprint density at radius 3 is 2.33 bits per heavy atom. The number of nitriles is 1. The van der Waals surface area contributed by atoms with Gasteiger partial charge in [-0.15, -0.1) is 0 Å². The second-order valence-electron chi connectivity index (χ2n) is 7.26. The molecule has 1 aliphatic carbocycles. The maximum absolute atomic E-state index is 9.59. The van der Waals surface area contributed by atoms with Gasteiger partial charge >= 0.3 is 0 Å². The second kappa shape index (κ2) is 7.11. The molecule has 1 saturated carbocycles. The van der Waals surface area contributed by atoms with Crippen LogP contribution in [-0.2, 0) is 0 Å². The first-order valence-electron chi connectivity index (χ1n) is 9.03. The molecule has 0 aromatic carbocycles. The summed E-state index contributed by atoms with van der Waals surface area (Å²) in [4.78, 5) is 2.68. The van der Waals surface area contributed by atoms with Crippen LogP contribution >= 0.6 is 0 Å². The highest BCUT2D eigenvalue weighted by Crippen LogP contribution is 2.41. The van der Waals surface area contributed by atoms with Gasteiger partial charge < -0.3 is 4.90 Å². The van der Waals surface area contributed by atoms with Crippen LogP contribution in [0, 0.1) is 16.7 Å². The largest absolute Gasteiger partial charge is 0.300 e. The fraction of sp³-hybridized carbons (Fsp3) is 0.944. The average molecular weight is 291 g/mol. The minimum Gasteiger partial charge on any atom is -0.300 e. The number of nitrogens with zero attached hydrogens (tertiary/aromatic N) is 2. The highest BCUT2D eigenvalue weighted by atomic mass is 15.2. The number of rotatable bonds is 6. The first-order valence-corrected chi connectivity index (χ1v) is 9.03. The molecule has 21 heavy (non-hydrogen) atoms. The minimum atomic E-state index is -0.245. The first kappa shape index (κ1) is 16.8. The number of nitrogens with one attached hydrogen (secondary N) is 1. The normalized spacial score (nSPS) is 33.0. The fourth-order valence-electron chi connectivity index (χ4n) is 4.32. The van der Waals surface area contributed by atoms with Crippen molar-refractivity contribution in [3.8, 4) is 6.07 Å². The van der Waals surface area contributed by atoms with Gasteiger partial charge in [-0.2, -0.15) is 5.26 Å². The van der Waals surface area contributed by atoms with E-state index in [0.29, 0.717) is 11.5 Å². The standard InChI is InChI=1S/C18H33N3/c1-4-11-20-18(15-19)8-7-16(14-18)21-12-9-17(5-2,6-3)10-13-21/h16,20H,4-14H2,1-3H3. The molecule has 2 aliphatic rings. The molecule has 1 aliphatic heterocycles. The Morgan fingerprint density at radius 2 is 1.81 bits per heavy atom. The van der Waals surface area contributed by atoms with E-state index in [1.165, 1.54) is 45.2 Å². The van der Waals surface area contributed by atoms with Gasteiger partial charge in [0.05, 0.1) is 6.07 Å². The molecule has 1 N–H and O–H groups in total. The van der Waals surface area contributed by atoms with Crippen molar-refractivity contribution < 1.29 is 0 Å². The minimum absolute atomic E-state index is 0.245. The molecule has 0 bridgehead atoms. The van der Waals surface area contributed by atoms with Crippen molar-refractivity contribution >= 4 is 0 Å². The molecule has 2 atom stereocenters. The number of hydrogen-bond donors (Lipinski definition) is 1. The van der Waals surface area contributed by atoms with Crippen molar-refractivity contribution in [3.63, 3.8) is 0 Å². The molecule has 0 aromatic heterocycles. The van der Waals surface area contributed by atoms with Gasteiger partial charge in [0.25, 0.3) is 0 Å². The summed E-state index contributed by atoms with van der Waals surface area (Å²) in [7, 11) is 0. The summed E-state index contributed by atoms with van der Waals surface area (Å²) < 4.78 is 0. The summed E-state index contributed by atoms with van der Waals surface area (Å²) in [6.07, 6.45) is 9.68. The maximum Gasteiger partial charge on any atom is 0.108 e. The van der Waals surface area contributed by atoms with Gasteiger partial charge in [-0.3, -0.25) is 5.32 Å². The molecule has 2 fully saturated rings. The summed E-state index contributed by atoms with van der Waals surface area (Å²) in [6, 6.07) is 3.21. The van der Waals surface area contributed by atoms with E-state index >= 15 is 0 Å². The highest BCUT2D eigenvalue weighted by molar-refractivity contribution is 5.13. The van der Waals surface area contributed by atoms with Crippen LogP contribution in [0.5, 0.6) is 0 Å². The van der Waals surface area contributed by atoms with Crippen molar-refractivity contribution in [3.05, 3.63) is 0 Å². The quantitative estimate of drug-likeness (QED) is 0.811. The Labute approximate surface area is 131 Å². The fourth-order valence-corrected chi connectivity index (χ4v) is 4.32. The van der Waals surface area contributed by atoms with Crippen LogP contribution in [-0.4, -0.2) is 36.1 Å². The van der Waals surface area contributed by atoms with Crippen LogP contribution in [0.15, 0.2) is 0 Å². The SMILES string of the molecule is CCCNC1(C#N)CCC(N2CCC(CC)(CC)CC2)C1. The Bertz CT molecular complexity index is 359. The van der Waals surface area contributed by atoms with Gasteiger partial charge in [0.2, 0.25) is 0 Å². The van der Waals surface area contributed by atoms with E-state index < -0.39 is 0 Å². The van der Waals surface area contributed by atoms with E-state index in [2.05, 4.69) is 37.1 Å². The molecule has 1 saturated heterocycles. The van der Waals surface area contributed by atoms with Crippen LogP contribution in [0.25, 0.3) is 0 Å². The van der Waals surface area contributed by atoms with Gasteiger partial charge in [0, 0.05) is 6.04 Å². The first-order chi connectivity index (χ1) is 10.1. The molecule has 0 radical (unpaired) electrons. The molecule has 1 heterocycles. The zero-order valence-electron chi connectivity index (χ0n) is 14.2. The van der Waals surface area contributed by atoms with E-state index in [1.807, 2.05) is 0 Å². The second-order valence-corrected chi connectivity index (χ2v) is 7.26. The molecule has 3 nitrogen and oxygen atoms in total. The predicted molar refractivity (Wildman–Crippen MR) is 88.1 cm³/mol. The summed E-state index contributed by atoms with van der Waals surface area (Å²) in [5.74, 6) is 0. The molecule has 0 aromatic rings. The third kappa shape index (κ3) is 3.60. The van der Waals surface area contributed by atoms with Gasteiger partial charge in [-0.05, 0) is 63.6 Å². The van der Waals surface area contributed by atoms with Crippen LogP contribution in [0.4, 0.5) is 0 Å². The Hall–Kier alpha value is -0.590. The molecule has 2 rings (SSSR count). The number of likely N-dealkylation sites (tertiary alicyclic amines) is 1. The van der Waals surface area contributed by atoms with E-state index in [9.17, 15) is 5.26 Å². The lowest BCUT2D eigenvalue weighted by molar-refractivity contribution is 0.0661. The van der Waals surface area contributed by atoms with Crippen LogP contribution < -0.4 is 5.32 Å². The molecule has 2 unspecified atom stereocenters. The number of piperidine rings is 1. The smallest absolute Gasteiger partial charge is 0.108 e. The van der Waals surface area contributed by atoms with Crippen molar-refractivity contribution in [2.75, 3.05) is 19.6 Å². The van der Waals surface area contributed by atoms with Gasteiger partial charge in [0.15, 0.2) is 0 Å². The Kier molecular flexibility index (Phi) is 5.68. The lowest BCUT2D eigenvalue weighted by Gasteiger charge is -2.43. The van der Waals surface area contributed by atoms with Crippen LogP contribution in [0.2, 0.25) is 0 Å². The highest BCUT2D eigenvalue weighted by Gasteiger charge is 2.43. The van der Waals surface area contributed by atoms with Crippen molar-refractivity contribution in [2.24, 2.45) is 5.41 Å². The molecule has 120 valence electrons. The van der Waals surface area contributed by atoms with Crippen molar-refractivity contribution in [2.45, 2.75) is 83.7 Å². The van der Waals surface area contributed by atoms with Crippen LogP contribution in [0.1, 0.15) is 72.1 Å². The monoisotopic (exact) mass is 291 g/mol. The summed E-state index contributed by atoms with van der Waals surface area (Å²) in [5, 5.41) is 13.1. The molecular formula is C18H33N3. The zero-order valence-corrected chi connectivity index (χ0v) is 14.2. The van der Waals surface area contributed by atoms with Crippen molar-refractivity contribution in [1.82, 2.24) is 10.2 Å². The Balaban J connectivity index is 1.89. The molecular weight excluding hydrogens is 258 g/mol. The Morgan fingerprint density at radius 1 is 1.14 bits per heavy atom. The lowest BCUT2D eigenvalue weighted by atomic mass is 9.74. The summed E-state index contributed by atoms with van der Waals surface area (Å²) in [6.45, 7) is 10.3. The average Bonchev–Trinajstić information content (AvgIpc) is 2.98. The third-order valence-electron chi connectivity index (χ3n) is 6.29. The van der Waals surface area contributed by atoms with Gasteiger partial charge in [0.1, 0.15) is 5.54 Å². The lowest BCUT2D eigenvalue weighted by Crippen LogP contribution is -2.47. The molecule has 0 spiro atoms. The van der Waals surface area contributed by atoms with Crippen molar-refractivity contribution in [1.29, 1.82) is 5.26 Å². The van der Waals surface area contributed by atoms with E-state index in [0.717, 1.165) is 25.8 Å². The van der Waals surface area contributed by atoms with E-state index in [1.54, 1.807) is 0 Å². The van der Waals surface area contributed by atoms with Crippen LogP contribution in [0.3, 0.4) is 0 Å². The van der Waals surface area contributed by atoms with E-state index in [4.69, 9.17) is 0 Å². The zero-order chi connectivity index (χ0) is 15.3. The predicted octanol–water partition coefficient (Wildman–Crippen LogP) is 3.70. The van der Waals surface area contributed by atoms with E-state index in [-0.39, 0.29) is 5.54 Å². The van der Waals surface area contributed by atoms with Gasteiger partial charge in [-0.25, -0.2) is 0 Å². The maximum atomic E-state index is 9.59. The topological polar surface area (TPSA) is 39.1 Å². The summed E-state index contributed by atoms with van der Waals surface area (Å²) >= 11 is 0. The third-order valence-corrected chi connectivity index (χ3v) is 6.29. The molecule has 3 heteroatoms. The number of hydrogen-bond acceptors (Lipinski definition) is 3. The summed E-state index contributed by atoms with van der Waals surface area (Å²) in [5.41, 5.74) is 0.354. The van der Waals surface area contributed by atoms with Gasteiger partial charge in [-0.1, -0.05) is 33.6 Å².